The number of rotatable bonds is 5. The molecule has 1 heterocycles. The van der Waals surface area contributed by atoms with Crippen molar-refractivity contribution in [2.45, 2.75) is 43.9 Å². The highest BCUT2D eigenvalue weighted by Gasteiger charge is 2.34. The molecule has 1 aliphatic carbocycles. The van der Waals surface area contributed by atoms with Gasteiger partial charge in [-0.1, -0.05) is 24.3 Å². The molecule has 2 aromatic rings. The van der Waals surface area contributed by atoms with Gasteiger partial charge in [0.15, 0.2) is 5.96 Å². The maximum absolute atomic E-state index is 6.33. The largest absolute Gasteiger partial charge is 0.497 e. The number of aliphatic imine (C=N–C) groups is 1. The van der Waals surface area contributed by atoms with Crippen LogP contribution >= 0.6 is 24.0 Å². The minimum Gasteiger partial charge on any atom is -0.497 e. The molecule has 2 aliphatic rings. The van der Waals surface area contributed by atoms with Crippen LogP contribution in [0.25, 0.3) is 0 Å². The second kappa shape index (κ2) is 10.5. The molecule has 1 fully saturated rings. The SMILES string of the molecule is COc1ccc(C2(CN=C(N)Nc3cccc4c3CCCC4)CCOCC2)cc1.I. The summed E-state index contributed by atoms with van der Waals surface area (Å²) in [7, 11) is 1.69. The summed E-state index contributed by atoms with van der Waals surface area (Å²) < 4.78 is 11.0. The summed E-state index contributed by atoms with van der Waals surface area (Å²) in [6.07, 6.45) is 6.66. The van der Waals surface area contributed by atoms with Gasteiger partial charge < -0.3 is 20.5 Å². The van der Waals surface area contributed by atoms with E-state index in [9.17, 15) is 0 Å². The van der Waals surface area contributed by atoms with Crippen LogP contribution in [0.1, 0.15) is 42.4 Å². The smallest absolute Gasteiger partial charge is 0.193 e. The molecular weight excluding hydrogens is 489 g/mol. The monoisotopic (exact) mass is 521 g/mol. The molecule has 0 saturated carbocycles. The van der Waals surface area contributed by atoms with Gasteiger partial charge in [-0.05, 0) is 73.4 Å². The number of halogens is 1. The molecule has 0 atom stereocenters. The molecule has 3 N–H and O–H groups in total. The Labute approximate surface area is 196 Å². The van der Waals surface area contributed by atoms with Crippen LogP contribution in [0, 0.1) is 0 Å². The first-order valence-electron chi connectivity index (χ1n) is 10.6. The number of aryl methyl sites for hydroxylation is 1. The maximum atomic E-state index is 6.33. The molecule has 0 unspecified atom stereocenters. The number of nitrogens with one attached hydrogen (secondary N) is 1. The molecule has 162 valence electrons. The lowest BCUT2D eigenvalue weighted by molar-refractivity contribution is 0.0531. The Morgan fingerprint density at radius 2 is 1.83 bits per heavy atom. The van der Waals surface area contributed by atoms with Crippen molar-refractivity contribution in [1.29, 1.82) is 0 Å². The molecule has 0 amide bonds. The molecule has 0 bridgehead atoms. The second-order valence-electron chi connectivity index (χ2n) is 8.10. The predicted molar refractivity (Wildman–Crippen MR) is 133 cm³/mol. The summed E-state index contributed by atoms with van der Waals surface area (Å²) in [5.41, 5.74) is 11.5. The van der Waals surface area contributed by atoms with Crippen LogP contribution in [0.2, 0.25) is 0 Å². The molecule has 4 rings (SSSR count). The highest BCUT2D eigenvalue weighted by molar-refractivity contribution is 14.0. The number of benzene rings is 2. The zero-order valence-corrected chi connectivity index (χ0v) is 20.0. The van der Waals surface area contributed by atoms with E-state index in [1.165, 1.54) is 29.5 Å². The number of nitrogens with zero attached hydrogens (tertiary/aromatic N) is 1. The maximum Gasteiger partial charge on any atom is 0.193 e. The number of anilines is 1. The standard InChI is InChI=1S/C24H31N3O2.HI/c1-28-20-11-9-19(10-12-20)24(13-15-29-16-14-24)17-26-23(25)27-22-8-4-6-18-5-2-3-7-21(18)22;/h4,6,8-12H,2-3,5,7,13-17H2,1H3,(H3,25,26,27);1H. The van der Waals surface area contributed by atoms with E-state index in [0.717, 1.165) is 50.3 Å². The summed E-state index contributed by atoms with van der Waals surface area (Å²) in [5.74, 6) is 1.36. The Morgan fingerprint density at radius 1 is 1.10 bits per heavy atom. The van der Waals surface area contributed by atoms with Crippen molar-refractivity contribution in [3.05, 3.63) is 59.2 Å². The van der Waals surface area contributed by atoms with Crippen molar-refractivity contribution in [1.82, 2.24) is 0 Å². The van der Waals surface area contributed by atoms with Gasteiger partial charge in [-0.2, -0.15) is 0 Å². The molecule has 0 aromatic heterocycles. The number of guanidine groups is 1. The minimum atomic E-state index is -0.0487. The number of methoxy groups -OCH3 is 1. The molecule has 0 radical (unpaired) electrons. The lowest BCUT2D eigenvalue weighted by Crippen LogP contribution is -2.38. The van der Waals surface area contributed by atoms with Gasteiger partial charge in [-0.25, -0.2) is 0 Å². The normalized spacial score (nSPS) is 18.1. The fourth-order valence-corrected chi connectivity index (χ4v) is 4.56. The lowest BCUT2D eigenvalue weighted by atomic mass is 9.74. The number of fused-ring (bicyclic) bond motifs is 1. The van der Waals surface area contributed by atoms with Gasteiger partial charge in [0, 0.05) is 24.3 Å². The Balaban J connectivity index is 0.00000256. The second-order valence-corrected chi connectivity index (χ2v) is 8.10. The third-order valence-electron chi connectivity index (χ3n) is 6.36. The molecule has 1 saturated heterocycles. The van der Waals surface area contributed by atoms with Crippen molar-refractivity contribution in [3.8, 4) is 5.75 Å². The van der Waals surface area contributed by atoms with E-state index >= 15 is 0 Å². The van der Waals surface area contributed by atoms with Gasteiger partial charge in [-0.15, -0.1) is 24.0 Å². The van der Waals surface area contributed by atoms with Gasteiger partial charge in [0.25, 0.3) is 0 Å². The lowest BCUT2D eigenvalue weighted by Gasteiger charge is -2.36. The zero-order chi connectivity index (χ0) is 20.1. The Morgan fingerprint density at radius 3 is 2.57 bits per heavy atom. The van der Waals surface area contributed by atoms with Gasteiger partial charge in [0.2, 0.25) is 0 Å². The average molecular weight is 521 g/mol. The van der Waals surface area contributed by atoms with E-state index in [4.69, 9.17) is 20.2 Å². The van der Waals surface area contributed by atoms with Gasteiger partial charge in [-0.3, -0.25) is 4.99 Å². The predicted octanol–water partition coefficient (Wildman–Crippen LogP) is 4.67. The third kappa shape index (κ3) is 5.09. The van der Waals surface area contributed by atoms with Crippen LogP contribution in [0.15, 0.2) is 47.5 Å². The van der Waals surface area contributed by atoms with Crippen LogP contribution < -0.4 is 15.8 Å². The number of hydrogen-bond acceptors (Lipinski definition) is 3. The van der Waals surface area contributed by atoms with Crippen LogP contribution in [-0.2, 0) is 23.0 Å². The molecule has 6 heteroatoms. The van der Waals surface area contributed by atoms with Crippen LogP contribution in [0.3, 0.4) is 0 Å². The number of nitrogens with two attached hydrogens (primary N) is 1. The van der Waals surface area contributed by atoms with E-state index in [1.54, 1.807) is 7.11 Å². The summed E-state index contributed by atoms with van der Waals surface area (Å²) in [6, 6.07) is 14.8. The summed E-state index contributed by atoms with van der Waals surface area (Å²) >= 11 is 0. The first-order valence-corrected chi connectivity index (χ1v) is 10.6. The zero-order valence-electron chi connectivity index (χ0n) is 17.7. The first kappa shape index (κ1) is 22.9. The Hall–Kier alpha value is -1.80. The number of hydrogen-bond donors (Lipinski definition) is 2. The molecule has 0 spiro atoms. The fraction of sp³-hybridized carbons (Fsp3) is 0.458. The highest BCUT2D eigenvalue weighted by Crippen LogP contribution is 2.36. The topological polar surface area (TPSA) is 68.9 Å². The van der Waals surface area contributed by atoms with Crippen molar-refractivity contribution in [2.24, 2.45) is 10.7 Å². The average Bonchev–Trinajstić information content (AvgIpc) is 2.79. The third-order valence-corrected chi connectivity index (χ3v) is 6.36. The van der Waals surface area contributed by atoms with E-state index in [1.807, 2.05) is 12.1 Å². The Kier molecular flexibility index (Phi) is 7.99. The first-order chi connectivity index (χ1) is 14.2. The van der Waals surface area contributed by atoms with Crippen molar-refractivity contribution in [2.75, 3.05) is 32.2 Å². The molecule has 30 heavy (non-hydrogen) atoms. The van der Waals surface area contributed by atoms with Crippen LogP contribution in [0.5, 0.6) is 5.75 Å². The fourth-order valence-electron chi connectivity index (χ4n) is 4.56. The van der Waals surface area contributed by atoms with Crippen molar-refractivity contribution < 1.29 is 9.47 Å². The van der Waals surface area contributed by atoms with E-state index < -0.39 is 0 Å². The van der Waals surface area contributed by atoms with Crippen molar-refractivity contribution >= 4 is 35.6 Å². The molecule has 1 aliphatic heterocycles. The van der Waals surface area contributed by atoms with E-state index in [0.29, 0.717) is 12.5 Å². The van der Waals surface area contributed by atoms with Gasteiger partial charge >= 0.3 is 0 Å². The molecular formula is C24H32IN3O2. The minimum absolute atomic E-state index is 0. The summed E-state index contributed by atoms with van der Waals surface area (Å²) in [5, 5.41) is 3.37. The van der Waals surface area contributed by atoms with Crippen molar-refractivity contribution in [3.63, 3.8) is 0 Å². The van der Waals surface area contributed by atoms with E-state index in [2.05, 4.69) is 35.6 Å². The molecule has 5 nitrogen and oxygen atoms in total. The Bertz CT molecular complexity index is 861. The molecule has 2 aromatic carbocycles. The summed E-state index contributed by atoms with van der Waals surface area (Å²) in [4.78, 5) is 4.78. The summed E-state index contributed by atoms with van der Waals surface area (Å²) in [6.45, 7) is 2.15. The van der Waals surface area contributed by atoms with Gasteiger partial charge in [0.1, 0.15) is 5.75 Å². The number of ether oxygens (including phenoxy) is 2. The van der Waals surface area contributed by atoms with Gasteiger partial charge in [0.05, 0.1) is 13.7 Å². The van der Waals surface area contributed by atoms with Crippen LogP contribution in [0.4, 0.5) is 5.69 Å². The van der Waals surface area contributed by atoms with Crippen LogP contribution in [-0.4, -0.2) is 32.8 Å². The quantitative estimate of drug-likeness (QED) is 0.341. The van der Waals surface area contributed by atoms with E-state index in [-0.39, 0.29) is 29.4 Å². The highest BCUT2D eigenvalue weighted by atomic mass is 127.